The highest BCUT2D eigenvalue weighted by Gasteiger charge is 2.28. The van der Waals surface area contributed by atoms with Crippen LogP contribution >= 0.6 is 11.6 Å². The second kappa shape index (κ2) is 12.1. The van der Waals surface area contributed by atoms with Gasteiger partial charge in [-0.15, -0.1) is 0 Å². The van der Waals surface area contributed by atoms with Crippen molar-refractivity contribution in [2.24, 2.45) is 0 Å². The van der Waals surface area contributed by atoms with Gasteiger partial charge in [-0.3, -0.25) is 14.0 Å². The third kappa shape index (κ3) is 6.72. The highest BCUT2D eigenvalue weighted by atomic mass is 35.5. The minimum absolute atomic E-state index is 0.0619. The zero-order valence-corrected chi connectivity index (χ0v) is 23.0. The summed E-state index contributed by atoms with van der Waals surface area (Å²) in [5, 5.41) is 0.518. The van der Waals surface area contributed by atoms with Crippen LogP contribution in [0.4, 0.5) is 5.69 Å². The molecule has 1 fully saturated rings. The summed E-state index contributed by atoms with van der Waals surface area (Å²) < 4.78 is 26.3. The smallest absolute Gasteiger partial charge is 0.232 e. The van der Waals surface area contributed by atoms with Gasteiger partial charge in [0.2, 0.25) is 15.9 Å². The third-order valence-electron chi connectivity index (χ3n) is 6.92. The van der Waals surface area contributed by atoms with Gasteiger partial charge in [-0.05, 0) is 42.2 Å². The standard InChI is InChI=1S/C29H34ClN3O3S/c1-23-26(30)15-9-16-27(23)33(37(2,35)36)18-10-17-28(34)31-19-21-32(22-20-31)29(24-11-5-3-6-12-24)25-13-7-4-8-14-25/h3-9,11-16,29H,10,17-22H2,1-2H3. The fraction of sp³-hybridized carbons (Fsp3) is 0.345. The van der Waals surface area contributed by atoms with E-state index < -0.39 is 10.0 Å². The average molecular weight is 540 g/mol. The van der Waals surface area contributed by atoms with Crippen molar-refractivity contribution >= 4 is 33.2 Å². The molecule has 0 N–H and O–H groups in total. The molecule has 37 heavy (non-hydrogen) atoms. The summed E-state index contributed by atoms with van der Waals surface area (Å²) in [5.74, 6) is 0.0619. The van der Waals surface area contributed by atoms with E-state index in [1.54, 1.807) is 25.1 Å². The van der Waals surface area contributed by atoms with Gasteiger partial charge in [0.25, 0.3) is 0 Å². The lowest BCUT2D eigenvalue weighted by atomic mass is 9.96. The summed E-state index contributed by atoms with van der Waals surface area (Å²) in [7, 11) is -3.51. The predicted molar refractivity (Wildman–Crippen MR) is 150 cm³/mol. The lowest BCUT2D eigenvalue weighted by Gasteiger charge is -2.40. The van der Waals surface area contributed by atoms with Crippen molar-refractivity contribution in [3.63, 3.8) is 0 Å². The van der Waals surface area contributed by atoms with Gasteiger partial charge in [0, 0.05) is 44.2 Å². The normalized spacial score (nSPS) is 14.6. The van der Waals surface area contributed by atoms with Crippen LogP contribution in [0.15, 0.2) is 78.9 Å². The van der Waals surface area contributed by atoms with Crippen LogP contribution in [0.1, 0.15) is 35.6 Å². The molecular formula is C29H34ClN3O3S. The van der Waals surface area contributed by atoms with Gasteiger partial charge >= 0.3 is 0 Å². The minimum atomic E-state index is -3.51. The molecule has 1 saturated heterocycles. The molecule has 0 atom stereocenters. The van der Waals surface area contributed by atoms with E-state index in [1.807, 2.05) is 17.0 Å². The first-order valence-corrected chi connectivity index (χ1v) is 14.8. The summed E-state index contributed by atoms with van der Waals surface area (Å²) >= 11 is 6.22. The van der Waals surface area contributed by atoms with E-state index in [9.17, 15) is 13.2 Å². The summed E-state index contributed by atoms with van der Waals surface area (Å²) in [5.41, 5.74) is 3.75. The Kier molecular flexibility index (Phi) is 8.90. The number of nitrogens with zero attached hydrogens (tertiary/aromatic N) is 3. The summed E-state index contributed by atoms with van der Waals surface area (Å²) in [6, 6.07) is 26.3. The number of sulfonamides is 1. The Balaban J connectivity index is 1.36. The number of piperazine rings is 1. The van der Waals surface area contributed by atoms with Gasteiger partial charge in [-0.25, -0.2) is 8.42 Å². The molecule has 0 aliphatic carbocycles. The number of amides is 1. The second-order valence-electron chi connectivity index (χ2n) is 9.46. The first-order valence-electron chi connectivity index (χ1n) is 12.6. The van der Waals surface area contributed by atoms with Crippen molar-refractivity contribution in [3.05, 3.63) is 101 Å². The number of anilines is 1. The van der Waals surface area contributed by atoms with Gasteiger partial charge in [0.1, 0.15) is 0 Å². The van der Waals surface area contributed by atoms with E-state index in [0.29, 0.717) is 42.2 Å². The average Bonchev–Trinajstić information content (AvgIpc) is 2.90. The molecule has 3 aromatic carbocycles. The molecule has 8 heteroatoms. The number of hydrogen-bond acceptors (Lipinski definition) is 4. The van der Waals surface area contributed by atoms with Crippen LogP contribution in [0.3, 0.4) is 0 Å². The topological polar surface area (TPSA) is 60.9 Å². The maximum absolute atomic E-state index is 13.0. The Morgan fingerprint density at radius 2 is 1.46 bits per heavy atom. The van der Waals surface area contributed by atoms with Gasteiger partial charge in [0.15, 0.2) is 0 Å². The van der Waals surface area contributed by atoms with Crippen molar-refractivity contribution in [2.45, 2.75) is 25.8 Å². The van der Waals surface area contributed by atoms with Crippen LogP contribution in [0.5, 0.6) is 0 Å². The monoisotopic (exact) mass is 539 g/mol. The minimum Gasteiger partial charge on any atom is -0.340 e. The zero-order chi connectivity index (χ0) is 26.4. The Morgan fingerprint density at radius 3 is 2.00 bits per heavy atom. The summed E-state index contributed by atoms with van der Waals surface area (Å²) in [4.78, 5) is 17.4. The fourth-order valence-electron chi connectivity index (χ4n) is 4.98. The van der Waals surface area contributed by atoms with Crippen molar-refractivity contribution in [2.75, 3.05) is 43.3 Å². The summed E-state index contributed by atoms with van der Waals surface area (Å²) in [6.07, 6.45) is 1.92. The van der Waals surface area contributed by atoms with E-state index in [1.165, 1.54) is 21.7 Å². The van der Waals surface area contributed by atoms with Crippen LogP contribution in [0.2, 0.25) is 5.02 Å². The second-order valence-corrected chi connectivity index (χ2v) is 11.8. The van der Waals surface area contributed by atoms with Gasteiger partial charge in [0.05, 0.1) is 18.0 Å². The van der Waals surface area contributed by atoms with Crippen molar-refractivity contribution < 1.29 is 13.2 Å². The van der Waals surface area contributed by atoms with Crippen LogP contribution in [-0.4, -0.2) is 63.1 Å². The number of carbonyl (C=O) groups excluding carboxylic acids is 1. The van der Waals surface area contributed by atoms with Gasteiger partial charge in [-0.1, -0.05) is 78.3 Å². The molecule has 1 aliphatic heterocycles. The van der Waals surface area contributed by atoms with Crippen LogP contribution in [0, 0.1) is 6.92 Å². The zero-order valence-electron chi connectivity index (χ0n) is 21.4. The number of rotatable bonds is 9. The van der Waals surface area contributed by atoms with Gasteiger partial charge < -0.3 is 4.90 Å². The Hall–Kier alpha value is -2.87. The van der Waals surface area contributed by atoms with Crippen molar-refractivity contribution in [1.29, 1.82) is 0 Å². The van der Waals surface area contributed by atoms with Crippen molar-refractivity contribution in [1.82, 2.24) is 9.80 Å². The molecule has 1 amide bonds. The largest absolute Gasteiger partial charge is 0.340 e. The number of halogens is 1. The van der Waals surface area contributed by atoms with E-state index in [2.05, 4.69) is 53.4 Å². The van der Waals surface area contributed by atoms with E-state index >= 15 is 0 Å². The molecule has 0 unspecified atom stereocenters. The number of benzene rings is 3. The molecule has 0 saturated carbocycles. The Labute approximate surface area is 225 Å². The molecule has 196 valence electrons. The quantitative estimate of drug-likeness (QED) is 0.378. The molecule has 6 nitrogen and oxygen atoms in total. The fourth-order valence-corrected chi connectivity index (χ4v) is 6.16. The maximum Gasteiger partial charge on any atom is 0.232 e. The molecule has 0 bridgehead atoms. The lowest BCUT2D eigenvalue weighted by Crippen LogP contribution is -2.50. The lowest BCUT2D eigenvalue weighted by molar-refractivity contribution is -0.133. The highest BCUT2D eigenvalue weighted by Crippen LogP contribution is 2.30. The Morgan fingerprint density at radius 1 is 0.892 bits per heavy atom. The van der Waals surface area contributed by atoms with Gasteiger partial charge in [-0.2, -0.15) is 0 Å². The molecule has 0 radical (unpaired) electrons. The van der Waals surface area contributed by atoms with Crippen molar-refractivity contribution in [3.8, 4) is 0 Å². The predicted octanol–water partition coefficient (Wildman–Crippen LogP) is 5.13. The molecule has 4 rings (SSSR count). The first kappa shape index (κ1) is 27.2. The van der Waals surface area contributed by atoms with E-state index in [0.717, 1.165) is 13.1 Å². The summed E-state index contributed by atoms with van der Waals surface area (Å²) in [6.45, 7) is 4.89. The molecule has 1 heterocycles. The van der Waals surface area contributed by atoms with E-state index in [4.69, 9.17) is 11.6 Å². The molecule has 3 aromatic rings. The third-order valence-corrected chi connectivity index (χ3v) is 8.51. The van der Waals surface area contributed by atoms with Crippen LogP contribution < -0.4 is 4.31 Å². The molecule has 0 spiro atoms. The van der Waals surface area contributed by atoms with Crippen LogP contribution in [-0.2, 0) is 14.8 Å². The molecule has 0 aromatic heterocycles. The SMILES string of the molecule is Cc1c(Cl)cccc1N(CCCC(=O)N1CCN(C(c2ccccc2)c2ccccc2)CC1)S(C)(=O)=O. The Bertz CT molecular complexity index is 1250. The van der Waals surface area contributed by atoms with E-state index in [-0.39, 0.29) is 18.5 Å². The number of hydrogen-bond donors (Lipinski definition) is 0. The maximum atomic E-state index is 13.0. The molecule has 1 aliphatic rings. The molecular weight excluding hydrogens is 506 g/mol. The first-order chi connectivity index (χ1) is 17.8. The van der Waals surface area contributed by atoms with Crippen LogP contribution in [0.25, 0.3) is 0 Å². The highest BCUT2D eigenvalue weighted by molar-refractivity contribution is 7.92. The number of carbonyl (C=O) groups is 1.